The molecule has 0 spiro atoms. The van der Waals surface area contributed by atoms with Crippen LogP contribution in [-0.4, -0.2) is 42.0 Å². The van der Waals surface area contributed by atoms with Crippen LogP contribution in [0.2, 0.25) is 0 Å². The Balaban J connectivity index is 1.62. The normalized spacial score (nSPS) is 28.5. The van der Waals surface area contributed by atoms with Crippen molar-refractivity contribution in [1.29, 1.82) is 0 Å². The SMILES string of the molecule is CC1NCCCC1NC(=O)C1CCCCN1Cc1ccc(F)cc1. The average molecular weight is 333 g/mol. The van der Waals surface area contributed by atoms with Crippen LogP contribution >= 0.6 is 0 Å². The number of nitrogens with zero attached hydrogens (tertiary/aromatic N) is 1. The Labute approximate surface area is 143 Å². The molecule has 24 heavy (non-hydrogen) atoms. The van der Waals surface area contributed by atoms with Crippen LogP contribution in [0.3, 0.4) is 0 Å². The van der Waals surface area contributed by atoms with Crippen LogP contribution < -0.4 is 10.6 Å². The molecule has 1 aromatic carbocycles. The molecule has 2 saturated heterocycles. The molecule has 3 unspecified atom stereocenters. The van der Waals surface area contributed by atoms with E-state index in [0.717, 1.165) is 50.8 Å². The van der Waals surface area contributed by atoms with E-state index in [1.165, 1.54) is 12.1 Å². The Kier molecular flexibility index (Phi) is 5.85. The standard InChI is InChI=1S/C19H28FN3O/c1-14-17(5-4-11-21-14)22-19(24)18-6-2-3-12-23(18)13-15-7-9-16(20)10-8-15/h7-10,14,17-18,21H,2-6,11-13H2,1H3,(H,22,24). The maximum Gasteiger partial charge on any atom is 0.237 e. The maximum atomic E-state index is 13.1. The predicted octanol–water partition coefficient (Wildman–Crippen LogP) is 2.44. The Morgan fingerprint density at radius 2 is 2.04 bits per heavy atom. The van der Waals surface area contributed by atoms with Gasteiger partial charge in [-0.05, 0) is 63.4 Å². The van der Waals surface area contributed by atoms with Gasteiger partial charge in [-0.15, -0.1) is 0 Å². The summed E-state index contributed by atoms with van der Waals surface area (Å²) < 4.78 is 13.1. The van der Waals surface area contributed by atoms with E-state index in [1.807, 2.05) is 12.1 Å². The third kappa shape index (κ3) is 4.33. The third-order valence-electron chi connectivity index (χ3n) is 5.30. The Bertz CT molecular complexity index is 548. The van der Waals surface area contributed by atoms with E-state index in [1.54, 1.807) is 0 Å². The first-order valence-electron chi connectivity index (χ1n) is 9.16. The highest BCUT2D eigenvalue weighted by Crippen LogP contribution is 2.21. The number of hydrogen-bond donors (Lipinski definition) is 2. The van der Waals surface area contributed by atoms with E-state index in [2.05, 4.69) is 22.5 Å². The summed E-state index contributed by atoms with van der Waals surface area (Å²) in [4.78, 5) is 15.1. The molecule has 0 aliphatic carbocycles. The first-order valence-corrected chi connectivity index (χ1v) is 9.16. The van der Waals surface area contributed by atoms with Gasteiger partial charge >= 0.3 is 0 Å². The maximum absolute atomic E-state index is 13.1. The average Bonchev–Trinajstić information content (AvgIpc) is 2.59. The lowest BCUT2D eigenvalue weighted by molar-refractivity contribution is -0.129. The molecule has 3 atom stereocenters. The molecule has 2 aliphatic heterocycles. The molecule has 3 rings (SSSR count). The summed E-state index contributed by atoms with van der Waals surface area (Å²) in [7, 11) is 0. The lowest BCUT2D eigenvalue weighted by atomic mass is 9.97. The Morgan fingerprint density at radius 3 is 2.79 bits per heavy atom. The Morgan fingerprint density at radius 1 is 1.25 bits per heavy atom. The van der Waals surface area contributed by atoms with Gasteiger partial charge in [-0.1, -0.05) is 18.6 Å². The molecule has 1 amide bonds. The molecule has 2 N–H and O–H groups in total. The smallest absolute Gasteiger partial charge is 0.237 e. The van der Waals surface area contributed by atoms with Crippen molar-refractivity contribution < 1.29 is 9.18 Å². The van der Waals surface area contributed by atoms with Crippen LogP contribution in [0.1, 0.15) is 44.6 Å². The number of likely N-dealkylation sites (tertiary alicyclic amines) is 1. The number of carbonyl (C=O) groups is 1. The minimum Gasteiger partial charge on any atom is -0.350 e. The van der Waals surface area contributed by atoms with E-state index in [0.29, 0.717) is 12.6 Å². The Hall–Kier alpha value is -1.46. The van der Waals surface area contributed by atoms with Gasteiger partial charge in [0.05, 0.1) is 6.04 Å². The lowest BCUT2D eigenvalue weighted by Crippen LogP contribution is -2.57. The molecule has 4 nitrogen and oxygen atoms in total. The number of amides is 1. The highest BCUT2D eigenvalue weighted by atomic mass is 19.1. The minimum absolute atomic E-state index is 0.0714. The highest BCUT2D eigenvalue weighted by Gasteiger charge is 2.31. The first kappa shape index (κ1) is 17.4. The van der Waals surface area contributed by atoms with Gasteiger partial charge in [0.25, 0.3) is 0 Å². The van der Waals surface area contributed by atoms with Crippen molar-refractivity contribution in [2.45, 2.75) is 63.7 Å². The minimum atomic E-state index is -0.217. The van der Waals surface area contributed by atoms with Crippen molar-refractivity contribution in [1.82, 2.24) is 15.5 Å². The number of halogens is 1. The van der Waals surface area contributed by atoms with Gasteiger partial charge in [0.15, 0.2) is 0 Å². The molecular formula is C19H28FN3O. The van der Waals surface area contributed by atoms with Crippen LogP contribution in [0.15, 0.2) is 24.3 Å². The summed E-state index contributed by atoms with van der Waals surface area (Å²) in [5, 5.41) is 6.69. The van der Waals surface area contributed by atoms with E-state index in [9.17, 15) is 9.18 Å². The van der Waals surface area contributed by atoms with E-state index < -0.39 is 0 Å². The fraction of sp³-hybridized carbons (Fsp3) is 0.632. The summed E-state index contributed by atoms with van der Waals surface area (Å²) in [5.74, 6) is -0.0668. The van der Waals surface area contributed by atoms with Crippen molar-refractivity contribution in [2.24, 2.45) is 0 Å². The molecule has 0 saturated carbocycles. The van der Waals surface area contributed by atoms with Crippen LogP contribution in [0.5, 0.6) is 0 Å². The van der Waals surface area contributed by atoms with E-state index >= 15 is 0 Å². The lowest BCUT2D eigenvalue weighted by Gasteiger charge is -2.37. The molecule has 2 aliphatic rings. The molecule has 0 bridgehead atoms. The molecule has 0 aromatic heterocycles. The molecule has 1 aromatic rings. The molecular weight excluding hydrogens is 305 g/mol. The van der Waals surface area contributed by atoms with Crippen LogP contribution in [0, 0.1) is 5.82 Å². The molecule has 2 fully saturated rings. The summed E-state index contributed by atoms with van der Waals surface area (Å²) >= 11 is 0. The van der Waals surface area contributed by atoms with Crippen molar-refractivity contribution in [3.05, 3.63) is 35.6 Å². The highest BCUT2D eigenvalue weighted by molar-refractivity contribution is 5.82. The number of benzene rings is 1. The summed E-state index contributed by atoms with van der Waals surface area (Å²) in [6.07, 6.45) is 5.27. The zero-order valence-corrected chi connectivity index (χ0v) is 14.4. The topological polar surface area (TPSA) is 44.4 Å². The largest absolute Gasteiger partial charge is 0.350 e. The number of rotatable bonds is 4. The van der Waals surface area contributed by atoms with Crippen LogP contribution in [-0.2, 0) is 11.3 Å². The fourth-order valence-electron chi connectivity index (χ4n) is 3.82. The molecule has 5 heteroatoms. The van der Waals surface area contributed by atoms with Crippen molar-refractivity contribution in [3.8, 4) is 0 Å². The van der Waals surface area contributed by atoms with Crippen LogP contribution in [0.25, 0.3) is 0 Å². The number of carbonyl (C=O) groups excluding carboxylic acids is 1. The molecule has 0 radical (unpaired) electrons. The predicted molar refractivity (Wildman–Crippen MR) is 93.1 cm³/mol. The number of nitrogens with one attached hydrogen (secondary N) is 2. The second-order valence-corrected chi connectivity index (χ2v) is 7.11. The van der Waals surface area contributed by atoms with Gasteiger partial charge in [0.2, 0.25) is 5.91 Å². The number of hydrogen-bond acceptors (Lipinski definition) is 3. The second kappa shape index (κ2) is 8.08. The van der Waals surface area contributed by atoms with Gasteiger partial charge in [0, 0.05) is 18.6 Å². The monoisotopic (exact) mass is 333 g/mol. The first-order chi connectivity index (χ1) is 11.6. The summed E-state index contributed by atoms with van der Waals surface area (Å²) in [5.41, 5.74) is 1.06. The van der Waals surface area contributed by atoms with E-state index in [-0.39, 0.29) is 23.8 Å². The van der Waals surface area contributed by atoms with Crippen molar-refractivity contribution >= 4 is 5.91 Å². The van der Waals surface area contributed by atoms with Gasteiger partial charge in [-0.25, -0.2) is 4.39 Å². The van der Waals surface area contributed by atoms with Gasteiger partial charge in [-0.2, -0.15) is 0 Å². The van der Waals surface area contributed by atoms with Crippen molar-refractivity contribution in [3.63, 3.8) is 0 Å². The third-order valence-corrected chi connectivity index (χ3v) is 5.30. The van der Waals surface area contributed by atoms with Crippen molar-refractivity contribution in [2.75, 3.05) is 13.1 Å². The second-order valence-electron chi connectivity index (χ2n) is 7.11. The van der Waals surface area contributed by atoms with Gasteiger partial charge in [0.1, 0.15) is 5.82 Å². The molecule has 132 valence electrons. The number of piperidine rings is 2. The van der Waals surface area contributed by atoms with Gasteiger partial charge < -0.3 is 10.6 Å². The summed E-state index contributed by atoms with van der Waals surface area (Å²) in [6.45, 7) is 4.81. The zero-order chi connectivity index (χ0) is 16.9. The molecule has 2 heterocycles. The zero-order valence-electron chi connectivity index (χ0n) is 14.4. The van der Waals surface area contributed by atoms with E-state index in [4.69, 9.17) is 0 Å². The fourth-order valence-corrected chi connectivity index (χ4v) is 3.82. The quantitative estimate of drug-likeness (QED) is 0.889. The van der Waals surface area contributed by atoms with Gasteiger partial charge in [-0.3, -0.25) is 9.69 Å². The van der Waals surface area contributed by atoms with Crippen LogP contribution in [0.4, 0.5) is 4.39 Å². The summed E-state index contributed by atoms with van der Waals surface area (Å²) in [6, 6.07) is 7.08.